The molecule has 0 radical (unpaired) electrons. The molecular weight excluding hydrogens is 342 g/mol. The smallest absolute Gasteiger partial charge is 0.326 e. The summed E-state index contributed by atoms with van der Waals surface area (Å²) in [5.41, 5.74) is 1.05. The normalized spacial score (nSPS) is 12.7. The van der Waals surface area contributed by atoms with Crippen LogP contribution >= 0.6 is 11.6 Å². The lowest BCUT2D eigenvalue weighted by Gasteiger charge is -2.21. The molecule has 0 aliphatic carbocycles. The molecule has 1 aromatic carbocycles. The van der Waals surface area contributed by atoms with Gasteiger partial charge in [0.25, 0.3) is 5.91 Å². The first-order chi connectivity index (χ1) is 11.5. The molecular formula is C18H22ClN3O3. The number of hydrogen-bond acceptors (Lipinski definition) is 3. The third-order valence-corrected chi connectivity index (χ3v) is 4.35. The van der Waals surface area contributed by atoms with Gasteiger partial charge in [0, 0.05) is 18.8 Å². The van der Waals surface area contributed by atoms with Gasteiger partial charge < -0.3 is 10.0 Å². The molecule has 2 rings (SSSR count). The van der Waals surface area contributed by atoms with Crippen molar-refractivity contribution >= 4 is 23.5 Å². The Balaban J connectivity index is 2.60. The van der Waals surface area contributed by atoms with Crippen molar-refractivity contribution in [3.63, 3.8) is 0 Å². The number of amides is 1. The number of carbonyl (C=O) groups excluding carboxylic acids is 1. The van der Waals surface area contributed by atoms with Gasteiger partial charge >= 0.3 is 5.97 Å². The molecule has 25 heavy (non-hydrogen) atoms. The van der Waals surface area contributed by atoms with Gasteiger partial charge in [-0.2, -0.15) is 5.10 Å². The average Bonchev–Trinajstić information content (AvgIpc) is 2.98. The van der Waals surface area contributed by atoms with Crippen LogP contribution in [0.15, 0.2) is 30.5 Å². The summed E-state index contributed by atoms with van der Waals surface area (Å²) in [4.78, 5) is 25.3. The van der Waals surface area contributed by atoms with E-state index in [0.29, 0.717) is 21.8 Å². The number of carboxylic acid groups (broad SMARTS) is 1. The number of aromatic nitrogens is 2. The Labute approximate surface area is 152 Å². The molecule has 0 spiro atoms. The molecule has 7 heteroatoms. The summed E-state index contributed by atoms with van der Waals surface area (Å²) in [5, 5.41) is 14.2. The van der Waals surface area contributed by atoms with Crippen LogP contribution in [0.25, 0.3) is 11.3 Å². The Morgan fingerprint density at radius 2 is 1.88 bits per heavy atom. The Hall–Kier alpha value is -2.34. The zero-order valence-electron chi connectivity index (χ0n) is 14.9. The molecule has 1 aromatic heterocycles. The predicted octanol–water partition coefficient (Wildman–Crippen LogP) is 3.50. The fourth-order valence-electron chi connectivity index (χ4n) is 2.26. The van der Waals surface area contributed by atoms with Crippen LogP contribution < -0.4 is 0 Å². The van der Waals surface area contributed by atoms with Crippen molar-refractivity contribution < 1.29 is 14.7 Å². The minimum atomic E-state index is -1.07. The number of carbonyl (C=O) groups is 2. The largest absolute Gasteiger partial charge is 0.480 e. The molecule has 0 bridgehead atoms. The molecule has 0 aliphatic heterocycles. The van der Waals surface area contributed by atoms with Crippen LogP contribution in [0, 0.1) is 0 Å². The second-order valence-corrected chi connectivity index (χ2v) is 7.32. The van der Waals surface area contributed by atoms with Gasteiger partial charge in [-0.25, -0.2) is 4.79 Å². The van der Waals surface area contributed by atoms with E-state index in [2.05, 4.69) is 5.10 Å². The first-order valence-corrected chi connectivity index (χ1v) is 8.27. The molecule has 0 aliphatic rings. The SMILES string of the molecule is CC(C(=O)O)N(C)C(=O)c1cn(C(C)(C)C)nc1-c1ccccc1Cl. The Morgan fingerprint density at radius 1 is 1.28 bits per heavy atom. The molecule has 1 N–H and O–H groups in total. The monoisotopic (exact) mass is 363 g/mol. The lowest BCUT2D eigenvalue weighted by atomic mass is 10.1. The van der Waals surface area contributed by atoms with Crippen molar-refractivity contribution in [1.82, 2.24) is 14.7 Å². The van der Waals surface area contributed by atoms with E-state index in [1.165, 1.54) is 18.9 Å². The van der Waals surface area contributed by atoms with Gasteiger partial charge in [-0.15, -0.1) is 0 Å². The van der Waals surface area contributed by atoms with Crippen molar-refractivity contribution in [1.29, 1.82) is 0 Å². The molecule has 1 heterocycles. The summed E-state index contributed by atoms with van der Waals surface area (Å²) in [5.74, 6) is -1.49. The number of nitrogens with zero attached hydrogens (tertiary/aromatic N) is 3. The van der Waals surface area contributed by atoms with Crippen molar-refractivity contribution in [2.75, 3.05) is 7.05 Å². The zero-order chi connectivity index (χ0) is 18.9. The Morgan fingerprint density at radius 3 is 2.40 bits per heavy atom. The maximum atomic E-state index is 12.9. The van der Waals surface area contributed by atoms with Crippen LogP contribution in [0.2, 0.25) is 5.02 Å². The summed E-state index contributed by atoms with van der Waals surface area (Å²) < 4.78 is 1.69. The highest BCUT2D eigenvalue weighted by Crippen LogP contribution is 2.31. The number of halogens is 1. The number of aliphatic carboxylic acids is 1. The number of rotatable bonds is 4. The highest BCUT2D eigenvalue weighted by atomic mass is 35.5. The molecule has 1 unspecified atom stereocenters. The average molecular weight is 364 g/mol. The summed E-state index contributed by atoms with van der Waals surface area (Å²) in [7, 11) is 1.46. The van der Waals surface area contributed by atoms with Gasteiger partial charge in [0.1, 0.15) is 11.7 Å². The fraction of sp³-hybridized carbons (Fsp3) is 0.389. The first-order valence-electron chi connectivity index (χ1n) is 7.89. The second kappa shape index (κ2) is 6.88. The van der Waals surface area contributed by atoms with Crippen molar-refractivity contribution in [2.45, 2.75) is 39.3 Å². The first kappa shape index (κ1) is 19.0. The van der Waals surface area contributed by atoms with Crippen LogP contribution in [-0.2, 0) is 10.3 Å². The molecule has 1 amide bonds. The van der Waals surface area contributed by atoms with Crippen LogP contribution in [-0.4, -0.2) is 44.8 Å². The zero-order valence-corrected chi connectivity index (χ0v) is 15.7. The van der Waals surface area contributed by atoms with Gasteiger partial charge in [-0.05, 0) is 33.8 Å². The summed E-state index contributed by atoms with van der Waals surface area (Å²) in [6.07, 6.45) is 1.64. The quantitative estimate of drug-likeness (QED) is 0.901. The number of carboxylic acids is 1. The van der Waals surface area contributed by atoms with E-state index >= 15 is 0 Å². The van der Waals surface area contributed by atoms with E-state index in [9.17, 15) is 14.7 Å². The van der Waals surface area contributed by atoms with E-state index in [1.54, 1.807) is 29.1 Å². The molecule has 134 valence electrons. The minimum Gasteiger partial charge on any atom is -0.480 e. The fourth-order valence-corrected chi connectivity index (χ4v) is 2.48. The number of likely N-dealkylation sites (N-methyl/N-ethyl adjacent to an activating group) is 1. The molecule has 2 aromatic rings. The van der Waals surface area contributed by atoms with Gasteiger partial charge in [0.15, 0.2) is 0 Å². The molecule has 6 nitrogen and oxygen atoms in total. The molecule has 0 saturated heterocycles. The standard InChI is InChI=1S/C18H22ClN3O3/c1-11(17(24)25)21(5)16(23)13-10-22(18(2,3)4)20-15(13)12-8-6-7-9-14(12)19/h6-11H,1-5H3,(H,24,25). The van der Waals surface area contributed by atoms with Crippen molar-refractivity contribution in [3.05, 3.63) is 41.0 Å². The van der Waals surface area contributed by atoms with Crippen molar-refractivity contribution in [3.8, 4) is 11.3 Å². The van der Waals surface area contributed by atoms with E-state index in [-0.39, 0.29) is 5.54 Å². The Kier molecular flexibility index (Phi) is 5.23. The second-order valence-electron chi connectivity index (χ2n) is 6.92. The maximum Gasteiger partial charge on any atom is 0.326 e. The highest BCUT2D eigenvalue weighted by Gasteiger charge is 2.29. The highest BCUT2D eigenvalue weighted by molar-refractivity contribution is 6.33. The van der Waals surface area contributed by atoms with Crippen molar-refractivity contribution in [2.24, 2.45) is 0 Å². The van der Waals surface area contributed by atoms with Gasteiger partial charge in [0.05, 0.1) is 16.1 Å². The third-order valence-electron chi connectivity index (χ3n) is 4.02. The molecule has 1 atom stereocenters. The van der Waals surface area contributed by atoms with E-state index in [0.717, 1.165) is 0 Å². The van der Waals surface area contributed by atoms with Crippen LogP contribution in [0.4, 0.5) is 0 Å². The lowest BCUT2D eigenvalue weighted by molar-refractivity contribution is -0.141. The number of hydrogen-bond donors (Lipinski definition) is 1. The van der Waals surface area contributed by atoms with E-state index in [4.69, 9.17) is 11.6 Å². The van der Waals surface area contributed by atoms with Gasteiger partial charge in [0.2, 0.25) is 0 Å². The van der Waals surface area contributed by atoms with Gasteiger partial charge in [-0.3, -0.25) is 9.48 Å². The topological polar surface area (TPSA) is 75.4 Å². The molecule has 0 fully saturated rings. The summed E-state index contributed by atoms with van der Waals surface area (Å²) in [6, 6.07) is 6.17. The Bertz CT molecular complexity index is 808. The third kappa shape index (κ3) is 3.85. The summed E-state index contributed by atoms with van der Waals surface area (Å²) >= 11 is 6.28. The molecule has 0 saturated carbocycles. The lowest BCUT2D eigenvalue weighted by Crippen LogP contribution is -2.40. The number of benzene rings is 1. The predicted molar refractivity (Wildman–Crippen MR) is 96.9 cm³/mol. The van der Waals surface area contributed by atoms with Crippen LogP contribution in [0.3, 0.4) is 0 Å². The van der Waals surface area contributed by atoms with E-state index in [1.807, 2.05) is 26.8 Å². The van der Waals surface area contributed by atoms with Crippen LogP contribution in [0.1, 0.15) is 38.1 Å². The van der Waals surface area contributed by atoms with Gasteiger partial charge in [-0.1, -0.05) is 29.8 Å². The summed E-state index contributed by atoms with van der Waals surface area (Å²) in [6.45, 7) is 7.36. The van der Waals surface area contributed by atoms with Crippen LogP contribution in [0.5, 0.6) is 0 Å². The van der Waals surface area contributed by atoms with E-state index < -0.39 is 17.9 Å². The maximum absolute atomic E-state index is 12.9. The minimum absolute atomic E-state index is 0.318.